The number of ether oxygens (including phenoxy) is 2. The molecule has 0 aromatic heterocycles. The third-order valence-electron chi connectivity index (χ3n) is 3.80. The van der Waals surface area contributed by atoms with Gasteiger partial charge in [-0.1, -0.05) is 36.7 Å². The van der Waals surface area contributed by atoms with E-state index in [2.05, 4.69) is 26.6 Å². The number of carbonyl (C=O) groups excluding carboxylic acids is 2. The van der Waals surface area contributed by atoms with Crippen LogP contribution < -0.4 is 15.4 Å². The Hall–Kier alpha value is -2.45. The molecule has 0 radical (unpaired) electrons. The lowest BCUT2D eigenvalue weighted by Gasteiger charge is -2.14. The summed E-state index contributed by atoms with van der Waals surface area (Å²) in [7, 11) is 0. The van der Waals surface area contributed by atoms with E-state index < -0.39 is 0 Å². The first-order chi connectivity index (χ1) is 14.3. The second-order valence-electron chi connectivity index (χ2n) is 6.97. The minimum atomic E-state index is -0.382. The molecule has 30 heavy (non-hydrogen) atoms. The van der Waals surface area contributed by atoms with Crippen LogP contribution in [0, 0.1) is 5.92 Å². The summed E-state index contributed by atoms with van der Waals surface area (Å²) >= 11 is 8.63. The zero-order valence-electron chi connectivity index (χ0n) is 17.2. The summed E-state index contributed by atoms with van der Waals surface area (Å²) in [5, 5.41) is 5.72. The van der Waals surface area contributed by atoms with Crippen molar-refractivity contribution in [2.24, 2.45) is 5.92 Å². The summed E-state index contributed by atoms with van der Waals surface area (Å²) in [4.78, 5) is 24.6. The molecule has 0 atom stereocenters. The zero-order valence-corrected chi connectivity index (χ0v) is 19.6. The smallest absolute Gasteiger partial charge is 0.338 e. The number of esters is 1. The molecule has 0 saturated heterocycles. The summed E-state index contributed by atoms with van der Waals surface area (Å²) < 4.78 is 11.6. The zero-order chi connectivity index (χ0) is 22.1. The fourth-order valence-corrected chi connectivity index (χ4v) is 2.93. The van der Waals surface area contributed by atoms with Crippen molar-refractivity contribution in [1.82, 2.24) is 5.32 Å². The van der Waals surface area contributed by atoms with E-state index in [-0.39, 0.29) is 17.0 Å². The Labute approximate surface area is 190 Å². The van der Waals surface area contributed by atoms with Crippen LogP contribution in [0.4, 0.5) is 5.69 Å². The first kappa shape index (κ1) is 23.8. The largest absolute Gasteiger partial charge is 0.492 e. The minimum Gasteiger partial charge on any atom is -0.492 e. The van der Waals surface area contributed by atoms with Crippen molar-refractivity contribution in [2.75, 3.05) is 18.5 Å². The molecule has 6 nitrogen and oxygen atoms in total. The first-order valence-electron chi connectivity index (χ1n) is 9.62. The van der Waals surface area contributed by atoms with Gasteiger partial charge in [-0.05, 0) is 67.0 Å². The van der Waals surface area contributed by atoms with Gasteiger partial charge >= 0.3 is 5.97 Å². The van der Waals surface area contributed by atoms with Crippen molar-refractivity contribution in [2.45, 2.75) is 27.2 Å². The number of carbonyl (C=O) groups is 2. The van der Waals surface area contributed by atoms with Gasteiger partial charge in [-0.3, -0.25) is 10.1 Å². The van der Waals surface area contributed by atoms with Crippen LogP contribution in [0.3, 0.4) is 0 Å². The summed E-state index contributed by atoms with van der Waals surface area (Å²) in [6.45, 7) is 6.88. The molecule has 1 amide bonds. The average Bonchev–Trinajstić information content (AvgIpc) is 2.71. The maximum Gasteiger partial charge on any atom is 0.338 e. The molecule has 0 unspecified atom stereocenters. The molecule has 0 bridgehead atoms. The predicted molar refractivity (Wildman–Crippen MR) is 125 cm³/mol. The number of amides is 1. The third kappa shape index (κ3) is 7.42. The molecule has 2 rings (SSSR count). The topological polar surface area (TPSA) is 76.7 Å². The van der Waals surface area contributed by atoms with E-state index in [0.717, 1.165) is 10.9 Å². The quantitative estimate of drug-likeness (QED) is 0.390. The van der Waals surface area contributed by atoms with Crippen molar-refractivity contribution in [1.29, 1.82) is 0 Å². The number of halogens is 1. The van der Waals surface area contributed by atoms with E-state index in [1.165, 1.54) is 0 Å². The Kier molecular flexibility index (Phi) is 9.26. The summed E-state index contributed by atoms with van der Waals surface area (Å²) in [5.74, 6) is 0.0619. The van der Waals surface area contributed by atoms with E-state index in [9.17, 15) is 9.59 Å². The van der Waals surface area contributed by atoms with Gasteiger partial charge in [-0.25, -0.2) is 4.79 Å². The minimum absolute atomic E-state index is 0.135. The molecule has 0 fully saturated rings. The Balaban J connectivity index is 2.00. The van der Waals surface area contributed by atoms with Crippen molar-refractivity contribution in [3.05, 3.63) is 58.1 Å². The number of anilines is 1. The molecule has 0 aliphatic heterocycles. The molecule has 0 aliphatic carbocycles. The van der Waals surface area contributed by atoms with Crippen LogP contribution >= 0.6 is 28.1 Å². The summed E-state index contributed by atoms with van der Waals surface area (Å²) in [6, 6.07) is 11.9. The van der Waals surface area contributed by atoms with Crippen LogP contribution in [0.5, 0.6) is 5.75 Å². The van der Waals surface area contributed by atoms with E-state index in [4.69, 9.17) is 21.7 Å². The van der Waals surface area contributed by atoms with Crippen LogP contribution in [0.2, 0.25) is 0 Å². The SMILES string of the molecule is CCCOC(=O)c1ccc(NC(=S)NC(=O)c2cc(Br)ccc2OCC(C)C)cc1. The lowest BCUT2D eigenvalue weighted by atomic mass is 10.2. The van der Waals surface area contributed by atoms with Gasteiger partial charge in [0.2, 0.25) is 0 Å². The first-order valence-corrected chi connectivity index (χ1v) is 10.8. The summed E-state index contributed by atoms with van der Waals surface area (Å²) in [5.41, 5.74) is 1.46. The Bertz CT molecular complexity index is 901. The number of hydrogen-bond donors (Lipinski definition) is 2. The molecular weight excluding hydrogens is 468 g/mol. The van der Waals surface area contributed by atoms with Crippen molar-refractivity contribution in [3.8, 4) is 5.75 Å². The lowest BCUT2D eigenvalue weighted by Crippen LogP contribution is -2.34. The number of thiocarbonyl (C=S) groups is 1. The van der Waals surface area contributed by atoms with Gasteiger partial charge in [-0.2, -0.15) is 0 Å². The van der Waals surface area contributed by atoms with Crippen molar-refractivity contribution in [3.63, 3.8) is 0 Å². The van der Waals surface area contributed by atoms with Gasteiger partial charge in [-0.15, -0.1) is 0 Å². The highest BCUT2D eigenvalue weighted by molar-refractivity contribution is 9.10. The van der Waals surface area contributed by atoms with Gasteiger partial charge in [0.1, 0.15) is 5.75 Å². The lowest BCUT2D eigenvalue weighted by molar-refractivity contribution is 0.0505. The van der Waals surface area contributed by atoms with Gasteiger partial charge in [0.25, 0.3) is 5.91 Å². The van der Waals surface area contributed by atoms with Gasteiger partial charge in [0.05, 0.1) is 24.3 Å². The highest BCUT2D eigenvalue weighted by Crippen LogP contribution is 2.24. The number of hydrogen-bond acceptors (Lipinski definition) is 5. The fraction of sp³-hybridized carbons (Fsp3) is 0.318. The highest BCUT2D eigenvalue weighted by atomic mass is 79.9. The van der Waals surface area contributed by atoms with Gasteiger partial charge in [0, 0.05) is 10.2 Å². The molecule has 0 aliphatic rings. The van der Waals surface area contributed by atoms with Crippen LogP contribution in [0.25, 0.3) is 0 Å². The van der Waals surface area contributed by atoms with Crippen LogP contribution in [0.15, 0.2) is 46.9 Å². The Morgan fingerprint density at radius 1 is 1.13 bits per heavy atom. The van der Waals surface area contributed by atoms with Gasteiger partial charge in [0.15, 0.2) is 5.11 Å². The molecule has 0 saturated carbocycles. The number of benzene rings is 2. The van der Waals surface area contributed by atoms with Gasteiger partial charge < -0.3 is 14.8 Å². The molecule has 160 valence electrons. The monoisotopic (exact) mass is 492 g/mol. The van der Waals surface area contributed by atoms with E-state index in [0.29, 0.717) is 41.7 Å². The van der Waals surface area contributed by atoms with E-state index in [1.807, 2.05) is 26.8 Å². The van der Waals surface area contributed by atoms with Crippen molar-refractivity contribution < 1.29 is 19.1 Å². The predicted octanol–water partition coefficient (Wildman–Crippen LogP) is 5.18. The molecular formula is C22H25BrN2O4S. The average molecular weight is 493 g/mol. The van der Waals surface area contributed by atoms with E-state index in [1.54, 1.807) is 36.4 Å². The number of rotatable bonds is 8. The molecule has 8 heteroatoms. The molecule has 2 aromatic rings. The number of nitrogens with one attached hydrogen (secondary N) is 2. The van der Waals surface area contributed by atoms with Crippen LogP contribution in [0.1, 0.15) is 47.9 Å². The molecule has 2 N–H and O–H groups in total. The maximum atomic E-state index is 12.7. The fourth-order valence-electron chi connectivity index (χ4n) is 2.36. The Morgan fingerprint density at radius 2 is 1.83 bits per heavy atom. The maximum absolute atomic E-state index is 12.7. The molecule has 0 heterocycles. The van der Waals surface area contributed by atoms with Crippen LogP contribution in [-0.2, 0) is 4.74 Å². The van der Waals surface area contributed by atoms with E-state index >= 15 is 0 Å². The van der Waals surface area contributed by atoms with Crippen LogP contribution in [-0.4, -0.2) is 30.2 Å². The molecule has 2 aromatic carbocycles. The highest BCUT2D eigenvalue weighted by Gasteiger charge is 2.15. The normalized spacial score (nSPS) is 10.4. The Morgan fingerprint density at radius 3 is 2.47 bits per heavy atom. The molecule has 0 spiro atoms. The third-order valence-corrected chi connectivity index (χ3v) is 4.50. The summed E-state index contributed by atoms with van der Waals surface area (Å²) in [6.07, 6.45) is 0.765. The second-order valence-corrected chi connectivity index (χ2v) is 8.29. The second kappa shape index (κ2) is 11.7. The van der Waals surface area contributed by atoms with Crippen molar-refractivity contribution >= 4 is 50.8 Å². The standard InChI is InChI=1S/C22H25BrN2O4S/c1-4-11-28-21(27)15-5-8-17(9-6-15)24-22(30)25-20(26)18-12-16(23)7-10-19(18)29-13-14(2)3/h5-10,12,14H,4,11,13H2,1-3H3,(H2,24,25,26,30).